The van der Waals surface area contributed by atoms with Gasteiger partial charge in [0.1, 0.15) is 0 Å². The lowest BCUT2D eigenvalue weighted by atomic mass is 10.1. The normalized spacial score (nSPS) is 17.3. The van der Waals surface area contributed by atoms with E-state index in [-0.39, 0.29) is 29.1 Å². The van der Waals surface area contributed by atoms with E-state index in [0.717, 1.165) is 36.1 Å². The van der Waals surface area contributed by atoms with Crippen LogP contribution in [0.2, 0.25) is 5.02 Å². The van der Waals surface area contributed by atoms with E-state index in [4.69, 9.17) is 17.3 Å². The molecular weight excluding hydrogens is 490 g/mol. The van der Waals surface area contributed by atoms with Crippen LogP contribution in [0, 0.1) is 0 Å². The highest BCUT2D eigenvalue weighted by atomic mass is 79.9. The Morgan fingerprint density at radius 2 is 2.03 bits per heavy atom. The molecule has 0 saturated carbocycles. The summed E-state index contributed by atoms with van der Waals surface area (Å²) in [5.41, 5.74) is 8.02. The van der Waals surface area contributed by atoms with Gasteiger partial charge < -0.3 is 11.1 Å². The van der Waals surface area contributed by atoms with Gasteiger partial charge in [-0.05, 0) is 47.9 Å². The van der Waals surface area contributed by atoms with Gasteiger partial charge in [0.15, 0.2) is 9.84 Å². The number of carbonyl (C=O) groups excluding carboxylic acids is 1. The Hall–Kier alpha value is -1.45. The van der Waals surface area contributed by atoms with Gasteiger partial charge >= 0.3 is 0 Å². The summed E-state index contributed by atoms with van der Waals surface area (Å²) in [4.78, 5) is 15.1. The van der Waals surface area contributed by atoms with Crippen molar-refractivity contribution in [3.8, 4) is 0 Å². The van der Waals surface area contributed by atoms with Crippen molar-refractivity contribution in [3.05, 3.63) is 62.6 Å². The Morgan fingerprint density at radius 1 is 1.27 bits per heavy atom. The van der Waals surface area contributed by atoms with Crippen LogP contribution in [0.25, 0.3) is 0 Å². The van der Waals surface area contributed by atoms with Crippen LogP contribution in [0.15, 0.2) is 45.8 Å². The molecule has 1 aliphatic rings. The fourth-order valence-corrected chi connectivity index (χ4v) is 5.30. The lowest BCUT2D eigenvalue weighted by molar-refractivity contribution is 0.0950. The van der Waals surface area contributed by atoms with E-state index in [2.05, 4.69) is 26.1 Å². The van der Waals surface area contributed by atoms with Crippen LogP contribution in [-0.2, 0) is 22.9 Å². The molecule has 0 aromatic heterocycles. The molecule has 2 aromatic carbocycles. The van der Waals surface area contributed by atoms with Crippen LogP contribution in [0.3, 0.4) is 0 Å². The summed E-state index contributed by atoms with van der Waals surface area (Å²) in [6, 6.07) is 10.3. The number of likely N-dealkylation sites (tertiary alicyclic amines) is 1. The number of amides is 1. The van der Waals surface area contributed by atoms with E-state index >= 15 is 0 Å². The first-order valence-electron chi connectivity index (χ1n) is 9.75. The van der Waals surface area contributed by atoms with Gasteiger partial charge in [0, 0.05) is 47.3 Å². The number of hydrogen-bond acceptors (Lipinski definition) is 5. The average molecular weight is 515 g/mol. The highest BCUT2D eigenvalue weighted by Crippen LogP contribution is 2.24. The molecule has 1 saturated heterocycles. The summed E-state index contributed by atoms with van der Waals surface area (Å²) in [6.45, 7) is 4.27. The minimum absolute atomic E-state index is 0.0219. The van der Waals surface area contributed by atoms with E-state index in [1.165, 1.54) is 6.07 Å². The predicted molar refractivity (Wildman–Crippen MR) is 122 cm³/mol. The minimum atomic E-state index is -3.42. The number of benzene rings is 2. The predicted octanol–water partition coefficient (Wildman–Crippen LogP) is 3.36. The molecule has 0 radical (unpaired) electrons. The van der Waals surface area contributed by atoms with E-state index in [1.54, 1.807) is 31.2 Å². The molecule has 1 unspecified atom stereocenters. The molecule has 162 valence electrons. The summed E-state index contributed by atoms with van der Waals surface area (Å²) in [6.07, 6.45) is 0.997. The van der Waals surface area contributed by atoms with E-state index in [9.17, 15) is 13.2 Å². The van der Waals surface area contributed by atoms with Gasteiger partial charge in [0.25, 0.3) is 5.91 Å². The van der Waals surface area contributed by atoms with E-state index in [0.29, 0.717) is 16.1 Å². The van der Waals surface area contributed by atoms with Gasteiger partial charge in [-0.1, -0.05) is 40.5 Å². The highest BCUT2D eigenvalue weighted by molar-refractivity contribution is 9.10. The molecule has 1 amide bonds. The van der Waals surface area contributed by atoms with Crippen molar-refractivity contribution in [3.63, 3.8) is 0 Å². The maximum Gasteiger partial charge on any atom is 0.251 e. The molecule has 6 nitrogen and oxygen atoms in total. The maximum atomic E-state index is 12.6. The lowest BCUT2D eigenvalue weighted by Gasteiger charge is -2.17. The molecule has 1 aliphatic heterocycles. The molecule has 1 heterocycles. The van der Waals surface area contributed by atoms with Crippen molar-refractivity contribution in [2.24, 2.45) is 5.73 Å². The first-order valence-corrected chi connectivity index (χ1v) is 12.6. The molecule has 2 aromatic rings. The van der Waals surface area contributed by atoms with Crippen molar-refractivity contribution in [2.75, 3.05) is 18.8 Å². The van der Waals surface area contributed by atoms with Gasteiger partial charge in [-0.2, -0.15) is 0 Å². The smallest absolute Gasteiger partial charge is 0.251 e. The monoisotopic (exact) mass is 513 g/mol. The molecule has 0 spiro atoms. The second-order valence-electron chi connectivity index (χ2n) is 7.43. The second kappa shape index (κ2) is 9.78. The van der Waals surface area contributed by atoms with Crippen LogP contribution in [0.4, 0.5) is 0 Å². The Kier molecular flexibility index (Phi) is 7.57. The van der Waals surface area contributed by atoms with Crippen molar-refractivity contribution in [1.82, 2.24) is 10.2 Å². The number of nitrogens with zero attached hydrogens (tertiary/aromatic N) is 1. The average Bonchev–Trinajstić information content (AvgIpc) is 3.12. The molecule has 0 aliphatic carbocycles. The quantitative estimate of drug-likeness (QED) is 0.591. The zero-order valence-corrected chi connectivity index (χ0v) is 19.9. The van der Waals surface area contributed by atoms with Crippen LogP contribution < -0.4 is 11.1 Å². The molecule has 1 fully saturated rings. The highest BCUT2D eigenvalue weighted by Gasteiger charge is 2.21. The summed E-state index contributed by atoms with van der Waals surface area (Å²) in [7, 11) is -3.42. The van der Waals surface area contributed by atoms with Crippen molar-refractivity contribution < 1.29 is 13.2 Å². The number of sulfone groups is 1. The van der Waals surface area contributed by atoms with Crippen molar-refractivity contribution in [1.29, 1.82) is 0 Å². The number of hydrogen-bond donors (Lipinski definition) is 2. The van der Waals surface area contributed by atoms with E-state index < -0.39 is 9.84 Å². The van der Waals surface area contributed by atoms with Crippen LogP contribution in [0.5, 0.6) is 0 Å². The third kappa shape index (κ3) is 5.62. The van der Waals surface area contributed by atoms with Gasteiger partial charge in [0.05, 0.1) is 10.6 Å². The minimum Gasteiger partial charge on any atom is -0.348 e. The van der Waals surface area contributed by atoms with Crippen LogP contribution in [-0.4, -0.2) is 44.1 Å². The Balaban J connectivity index is 1.70. The largest absolute Gasteiger partial charge is 0.348 e. The van der Waals surface area contributed by atoms with Gasteiger partial charge in [-0.25, -0.2) is 8.42 Å². The van der Waals surface area contributed by atoms with E-state index in [1.807, 2.05) is 6.07 Å². The molecule has 9 heteroatoms. The number of nitrogens with one attached hydrogen (secondary N) is 1. The maximum absolute atomic E-state index is 12.6. The molecule has 0 bridgehead atoms. The van der Waals surface area contributed by atoms with Crippen LogP contribution >= 0.6 is 27.5 Å². The first kappa shape index (κ1) is 23.2. The summed E-state index contributed by atoms with van der Waals surface area (Å²) < 4.78 is 25.5. The Labute approximate surface area is 190 Å². The van der Waals surface area contributed by atoms with Gasteiger partial charge in [-0.15, -0.1) is 0 Å². The number of halogens is 2. The fraction of sp³-hybridized carbons (Fsp3) is 0.381. The SMILES string of the molecule is CCS(=O)(=O)c1ccc(Cl)cc1CNC(=O)c1ccc(CN2CCC(N)C2)c(Br)c1. The number of rotatable bonds is 7. The topological polar surface area (TPSA) is 92.5 Å². The number of nitrogens with two attached hydrogens (primary N) is 1. The summed E-state index contributed by atoms with van der Waals surface area (Å²) >= 11 is 9.59. The third-order valence-corrected chi connectivity index (χ3v) is 8.00. The lowest BCUT2D eigenvalue weighted by Crippen LogP contribution is -2.26. The molecule has 3 N–H and O–H groups in total. The summed E-state index contributed by atoms with van der Waals surface area (Å²) in [5.74, 6) is -0.309. The zero-order valence-electron chi connectivity index (χ0n) is 16.7. The van der Waals surface area contributed by atoms with Crippen molar-refractivity contribution in [2.45, 2.75) is 37.4 Å². The Morgan fingerprint density at radius 3 is 2.67 bits per heavy atom. The molecule has 3 rings (SSSR count). The molecular formula is C21H25BrClN3O3S. The van der Waals surface area contributed by atoms with Crippen LogP contribution in [0.1, 0.15) is 34.8 Å². The number of carbonyl (C=O) groups is 1. The first-order chi connectivity index (χ1) is 14.2. The third-order valence-electron chi connectivity index (χ3n) is 5.20. The van der Waals surface area contributed by atoms with Crippen molar-refractivity contribution >= 4 is 43.3 Å². The Bertz CT molecular complexity index is 1050. The van der Waals surface area contributed by atoms with Gasteiger partial charge in [-0.3, -0.25) is 9.69 Å². The summed E-state index contributed by atoms with van der Waals surface area (Å²) in [5, 5.41) is 3.21. The van der Waals surface area contributed by atoms with Gasteiger partial charge in [0.2, 0.25) is 0 Å². The fourth-order valence-electron chi connectivity index (χ4n) is 3.49. The second-order valence-corrected chi connectivity index (χ2v) is 11.0. The zero-order chi connectivity index (χ0) is 21.9. The standard InChI is InChI=1S/C21H25BrClN3O3S/c1-2-30(28,29)20-6-5-17(23)9-16(20)11-25-21(27)14-3-4-15(19(22)10-14)12-26-8-7-18(24)13-26/h3-6,9-10,18H,2,7-8,11-13,24H2,1H3,(H,25,27). The molecule has 30 heavy (non-hydrogen) atoms. The molecule has 1 atom stereocenters.